The van der Waals surface area contributed by atoms with Crippen molar-refractivity contribution in [2.75, 3.05) is 0 Å². The number of hydrogen-bond donors (Lipinski definition) is 1. The first kappa shape index (κ1) is 15.5. The molecule has 1 N–H and O–H groups in total. The Morgan fingerprint density at radius 1 is 0.950 bits per heavy atom. The molecular weight excluding hydrogens is 357 g/mol. The Balaban J connectivity index is 0.00000147. The number of fused-ring (bicyclic) bond motifs is 1. The molecule has 2 heteroatoms. The van der Waals surface area contributed by atoms with Gasteiger partial charge in [-0.15, -0.1) is 0 Å². The van der Waals surface area contributed by atoms with Gasteiger partial charge in [-0.1, -0.05) is 48.5 Å². The van der Waals surface area contributed by atoms with Crippen LogP contribution in [0.3, 0.4) is 0 Å². The second-order valence-corrected chi connectivity index (χ2v) is 6.18. The monoisotopic (exact) mass is 379 g/mol. The lowest BCUT2D eigenvalue weighted by Gasteiger charge is -2.26. The molecule has 3 rings (SSSR count). The lowest BCUT2D eigenvalue weighted by molar-refractivity contribution is -0.870. The van der Waals surface area contributed by atoms with Crippen LogP contribution in [0, 0.1) is 0 Å². The standard InChI is InChI=1S/C18H21N.HI/c1-14-18(2,3)16-11-7-8-12-17(16)19(14)13-15-9-5-4-6-10-15;/h4-12,14H,13H2,1-3H3;1H. The van der Waals surface area contributed by atoms with Gasteiger partial charge in [0.2, 0.25) is 0 Å². The van der Waals surface area contributed by atoms with Crippen LogP contribution in [0.15, 0.2) is 54.6 Å². The zero-order chi connectivity index (χ0) is 13.5. The molecule has 1 nitrogen and oxygen atoms in total. The van der Waals surface area contributed by atoms with Gasteiger partial charge >= 0.3 is 0 Å². The Labute approximate surface area is 139 Å². The molecule has 0 aliphatic carbocycles. The summed E-state index contributed by atoms with van der Waals surface area (Å²) >= 11 is 0. The van der Waals surface area contributed by atoms with E-state index in [0.717, 1.165) is 6.54 Å². The van der Waals surface area contributed by atoms with Crippen LogP contribution in [-0.2, 0) is 12.0 Å². The van der Waals surface area contributed by atoms with E-state index in [1.165, 1.54) is 16.8 Å². The summed E-state index contributed by atoms with van der Waals surface area (Å²) in [6, 6.07) is 20.3. The molecule has 2 unspecified atom stereocenters. The summed E-state index contributed by atoms with van der Waals surface area (Å²) in [7, 11) is 0. The molecule has 0 saturated carbocycles. The van der Waals surface area contributed by atoms with Crippen molar-refractivity contribution in [2.24, 2.45) is 0 Å². The fourth-order valence-corrected chi connectivity index (χ4v) is 3.29. The summed E-state index contributed by atoms with van der Waals surface area (Å²) in [6.45, 7) is 8.18. The first-order chi connectivity index (χ1) is 9.10. The zero-order valence-corrected chi connectivity index (χ0v) is 14.5. The zero-order valence-electron chi connectivity index (χ0n) is 12.4. The van der Waals surface area contributed by atoms with Crippen molar-refractivity contribution in [1.29, 1.82) is 0 Å². The predicted octanol–water partition coefficient (Wildman–Crippen LogP) is 0.0869. The van der Waals surface area contributed by atoms with Crippen LogP contribution in [0.25, 0.3) is 0 Å². The lowest BCUT2D eigenvalue weighted by atomic mass is 9.81. The third-order valence-corrected chi connectivity index (χ3v) is 4.81. The molecule has 0 saturated heterocycles. The van der Waals surface area contributed by atoms with Crippen LogP contribution >= 0.6 is 0 Å². The van der Waals surface area contributed by atoms with E-state index >= 15 is 0 Å². The Bertz CT molecular complexity index is 577. The number of rotatable bonds is 2. The van der Waals surface area contributed by atoms with Crippen molar-refractivity contribution in [2.45, 2.75) is 38.8 Å². The number of para-hydroxylation sites is 1. The van der Waals surface area contributed by atoms with Crippen molar-refractivity contribution in [3.63, 3.8) is 0 Å². The molecule has 1 heterocycles. The maximum Gasteiger partial charge on any atom is 0.135 e. The number of benzene rings is 2. The predicted molar refractivity (Wildman–Crippen MR) is 79.7 cm³/mol. The van der Waals surface area contributed by atoms with E-state index in [9.17, 15) is 0 Å². The van der Waals surface area contributed by atoms with E-state index in [0.29, 0.717) is 6.04 Å². The van der Waals surface area contributed by atoms with Crippen LogP contribution in [0.1, 0.15) is 31.9 Å². The van der Waals surface area contributed by atoms with E-state index in [2.05, 4.69) is 75.4 Å². The summed E-state index contributed by atoms with van der Waals surface area (Å²) in [5.41, 5.74) is 4.65. The molecule has 2 aromatic carbocycles. The van der Waals surface area contributed by atoms with E-state index in [1.807, 2.05) is 0 Å². The lowest BCUT2D eigenvalue weighted by Crippen LogP contribution is -3.09. The van der Waals surface area contributed by atoms with Crippen LogP contribution in [0.5, 0.6) is 0 Å². The maximum absolute atomic E-state index is 2.37. The smallest absolute Gasteiger partial charge is 0.135 e. The number of nitrogens with one attached hydrogen (secondary N) is 1. The Morgan fingerprint density at radius 3 is 2.25 bits per heavy atom. The van der Waals surface area contributed by atoms with Crippen molar-refractivity contribution in [3.8, 4) is 0 Å². The molecule has 2 aromatic rings. The van der Waals surface area contributed by atoms with E-state index in [-0.39, 0.29) is 29.4 Å². The fraction of sp³-hybridized carbons (Fsp3) is 0.333. The van der Waals surface area contributed by atoms with Crippen molar-refractivity contribution in [3.05, 3.63) is 65.7 Å². The SMILES string of the molecule is CC1[NH+](Cc2ccccc2)c2ccccc2C1(C)C.[I-]. The van der Waals surface area contributed by atoms with E-state index in [1.54, 1.807) is 4.90 Å². The highest BCUT2D eigenvalue weighted by atomic mass is 127. The molecule has 0 fully saturated rings. The van der Waals surface area contributed by atoms with Crippen LogP contribution in [0.2, 0.25) is 0 Å². The van der Waals surface area contributed by atoms with Crippen LogP contribution in [0.4, 0.5) is 5.69 Å². The molecule has 0 amide bonds. The molecule has 0 radical (unpaired) electrons. The van der Waals surface area contributed by atoms with Crippen molar-refractivity contribution < 1.29 is 28.9 Å². The summed E-state index contributed by atoms with van der Waals surface area (Å²) in [4.78, 5) is 1.59. The van der Waals surface area contributed by atoms with Gasteiger partial charge < -0.3 is 24.0 Å². The molecule has 1 aliphatic rings. The molecule has 0 aromatic heterocycles. The highest BCUT2D eigenvalue weighted by Gasteiger charge is 2.46. The van der Waals surface area contributed by atoms with Gasteiger partial charge in [0.05, 0.1) is 6.04 Å². The minimum absolute atomic E-state index is 0. The van der Waals surface area contributed by atoms with E-state index in [4.69, 9.17) is 0 Å². The third-order valence-electron chi connectivity index (χ3n) is 4.81. The topological polar surface area (TPSA) is 4.44 Å². The molecule has 106 valence electrons. The minimum Gasteiger partial charge on any atom is -1.00 e. The summed E-state index contributed by atoms with van der Waals surface area (Å²) in [5.74, 6) is 0. The average Bonchev–Trinajstić information content (AvgIpc) is 2.62. The highest BCUT2D eigenvalue weighted by molar-refractivity contribution is 5.48. The van der Waals surface area contributed by atoms with Crippen LogP contribution < -0.4 is 28.9 Å². The van der Waals surface area contributed by atoms with Crippen LogP contribution in [-0.4, -0.2) is 6.04 Å². The maximum atomic E-state index is 2.37. The number of halogens is 1. The number of quaternary nitrogens is 1. The van der Waals surface area contributed by atoms with Gasteiger partial charge in [0.25, 0.3) is 0 Å². The second-order valence-electron chi connectivity index (χ2n) is 6.18. The van der Waals surface area contributed by atoms with Gasteiger partial charge in [0.1, 0.15) is 12.2 Å². The van der Waals surface area contributed by atoms with Gasteiger partial charge in [0.15, 0.2) is 0 Å². The summed E-state index contributed by atoms with van der Waals surface area (Å²) in [6.07, 6.45) is 0. The summed E-state index contributed by atoms with van der Waals surface area (Å²) in [5, 5.41) is 0. The summed E-state index contributed by atoms with van der Waals surface area (Å²) < 4.78 is 0. The van der Waals surface area contributed by atoms with E-state index < -0.39 is 0 Å². The first-order valence-electron chi connectivity index (χ1n) is 7.10. The highest BCUT2D eigenvalue weighted by Crippen LogP contribution is 2.35. The van der Waals surface area contributed by atoms with Crippen molar-refractivity contribution in [1.82, 2.24) is 0 Å². The quantitative estimate of drug-likeness (QED) is 0.706. The van der Waals surface area contributed by atoms with Gasteiger partial charge in [-0.25, -0.2) is 0 Å². The van der Waals surface area contributed by atoms with Crippen molar-refractivity contribution >= 4 is 5.69 Å². The fourth-order valence-electron chi connectivity index (χ4n) is 3.29. The minimum atomic E-state index is 0. The third kappa shape index (κ3) is 2.51. The molecule has 0 spiro atoms. The molecular formula is C18H22IN. The number of hydrogen-bond acceptors (Lipinski definition) is 0. The first-order valence-corrected chi connectivity index (χ1v) is 7.10. The van der Waals surface area contributed by atoms with Gasteiger partial charge in [-0.2, -0.15) is 0 Å². The normalized spacial score (nSPS) is 22.9. The molecule has 20 heavy (non-hydrogen) atoms. The van der Waals surface area contributed by atoms with Gasteiger partial charge in [0, 0.05) is 16.5 Å². The van der Waals surface area contributed by atoms with Gasteiger partial charge in [-0.05, 0) is 26.8 Å². The molecule has 2 atom stereocenters. The van der Waals surface area contributed by atoms with Gasteiger partial charge in [-0.3, -0.25) is 4.90 Å². The largest absolute Gasteiger partial charge is 1.00 e. The Hall–Kier alpha value is -0.870. The Morgan fingerprint density at radius 2 is 1.55 bits per heavy atom. The molecule has 0 bridgehead atoms. The molecule has 1 aliphatic heterocycles. The second kappa shape index (κ2) is 5.86. The Kier molecular flexibility index (Phi) is 4.55. The average molecular weight is 379 g/mol.